The lowest BCUT2D eigenvalue weighted by molar-refractivity contribution is 0.259. The van der Waals surface area contributed by atoms with Gasteiger partial charge in [-0.3, -0.25) is 4.72 Å². The van der Waals surface area contributed by atoms with Crippen molar-refractivity contribution in [3.8, 4) is 0 Å². The fraction of sp³-hybridized carbons (Fsp3) is 0. The average Bonchev–Trinajstić information content (AvgIpc) is 2.85. The van der Waals surface area contributed by atoms with Crippen LogP contribution in [0.5, 0.6) is 0 Å². The normalized spacial score (nSPS) is 10.9. The molecule has 0 spiro atoms. The molecule has 0 saturated carbocycles. The SMILES string of the molecule is NC(=O)Nc1ccc(NS(=O)(=O)c2cccs2)cc1. The predicted molar refractivity (Wildman–Crippen MR) is 74.8 cm³/mol. The van der Waals surface area contributed by atoms with E-state index in [9.17, 15) is 13.2 Å². The minimum absolute atomic E-state index is 0.242. The molecule has 2 rings (SSSR count). The molecule has 0 aliphatic heterocycles. The molecular weight excluding hydrogens is 286 g/mol. The molecule has 1 aromatic carbocycles. The van der Waals surface area contributed by atoms with Gasteiger partial charge in [-0.15, -0.1) is 11.3 Å². The van der Waals surface area contributed by atoms with Gasteiger partial charge in [0.2, 0.25) is 0 Å². The van der Waals surface area contributed by atoms with Crippen LogP contribution in [0.2, 0.25) is 0 Å². The molecule has 4 N–H and O–H groups in total. The Balaban J connectivity index is 2.14. The summed E-state index contributed by atoms with van der Waals surface area (Å²) in [6.07, 6.45) is 0. The van der Waals surface area contributed by atoms with Gasteiger partial charge in [0.05, 0.1) is 0 Å². The summed E-state index contributed by atoms with van der Waals surface area (Å²) in [6, 6.07) is 8.70. The maximum Gasteiger partial charge on any atom is 0.316 e. The van der Waals surface area contributed by atoms with Gasteiger partial charge in [-0.05, 0) is 35.7 Å². The number of rotatable bonds is 4. The highest BCUT2D eigenvalue weighted by Crippen LogP contribution is 2.21. The van der Waals surface area contributed by atoms with Crippen molar-refractivity contribution in [3.05, 3.63) is 41.8 Å². The summed E-state index contributed by atoms with van der Waals surface area (Å²) >= 11 is 1.14. The molecule has 0 bridgehead atoms. The number of anilines is 2. The number of primary amides is 1. The van der Waals surface area contributed by atoms with Crippen LogP contribution in [0.3, 0.4) is 0 Å². The number of nitrogens with two attached hydrogens (primary N) is 1. The highest BCUT2D eigenvalue weighted by molar-refractivity contribution is 7.94. The van der Waals surface area contributed by atoms with Crippen molar-refractivity contribution < 1.29 is 13.2 Å². The monoisotopic (exact) mass is 297 g/mol. The summed E-state index contributed by atoms with van der Waals surface area (Å²) in [4.78, 5) is 10.6. The molecule has 0 atom stereocenters. The number of benzene rings is 1. The van der Waals surface area contributed by atoms with E-state index in [2.05, 4.69) is 10.0 Å². The van der Waals surface area contributed by atoms with Crippen LogP contribution >= 0.6 is 11.3 Å². The van der Waals surface area contributed by atoms with Crippen LogP contribution in [0, 0.1) is 0 Å². The first kappa shape index (κ1) is 13.4. The third kappa shape index (κ3) is 3.46. The second-order valence-electron chi connectivity index (χ2n) is 3.60. The number of carbonyl (C=O) groups is 1. The van der Waals surface area contributed by atoms with E-state index in [0.29, 0.717) is 11.4 Å². The minimum atomic E-state index is -3.55. The average molecular weight is 297 g/mol. The molecular formula is C11H11N3O3S2. The van der Waals surface area contributed by atoms with Crippen molar-refractivity contribution in [2.24, 2.45) is 5.73 Å². The summed E-state index contributed by atoms with van der Waals surface area (Å²) in [5.74, 6) is 0. The maximum absolute atomic E-state index is 11.9. The molecule has 1 aromatic heterocycles. The van der Waals surface area contributed by atoms with Crippen molar-refractivity contribution in [2.45, 2.75) is 4.21 Å². The van der Waals surface area contributed by atoms with Crippen LogP contribution < -0.4 is 15.8 Å². The molecule has 0 unspecified atom stereocenters. The molecule has 1 heterocycles. The van der Waals surface area contributed by atoms with E-state index in [1.54, 1.807) is 23.6 Å². The Morgan fingerprint density at radius 2 is 1.74 bits per heavy atom. The van der Waals surface area contributed by atoms with E-state index < -0.39 is 16.1 Å². The molecule has 0 aliphatic carbocycles. The quantitative estimate of drug-likeness (QED) is 0.804. The van der Waals surface area contributed by atoms with Crippen molar-refractivity contribution in [1.29, 1.82) is 0 Å². The Morgan fingerprint density at radius 1 is 1.11 bits per heavy atom. The van der Waals surface area contributed by atoms with E-state index >= 15 is 0 Å². The zero-order valence-electron chi connectivity index (χ0n) is 9.66. The number of urea groups is 1. The number of sulfonamides is 1. The second kappa shape index (κ2) is 5.29. The first-order chi connectivity index (χ1) is 8.97. The van der Waals surface area contributed by atoms with Crippen molar-refractivity contribution in [3.63, 3.8) is 0 Å². The van der Waals surface area contributed by atoms with Gasteiger partial charge in [-0.1, -0.05) is 6.07 Å². The maximum atomic E-state index is 11.9. The number of hydrogen-bond acceptors (Lipinski definition) is 4. The third-order valence-corrected chi connectivity index (χ3v) is 4.94. The number of carbonyl (C=O) groups excluding carboxylic acids is 1. The lowest BCUT2D eigenvalue weighted by atomic mass is 10.3. The van der Waals surface area contributed by atoms with E-state index in [1.807, 2.05) is 0 Å². The smallest absolute Gasteiger partial charge is 0.316 e. The summed E-state index contributed by atoms with van der Waals surface area (Å²) < 4.78 is 26.6. The molecule has 2 amide bonds. The topological polar surface area (TPSA) is 101 Å². The van der Waals surface area contributed by atoms with E-state index in [-0.39, 0.29) is 4.21 Å². The molecule has 8 heteroatoms. The van der Waals surface area contributed by atoms with Gasteiger partial charge < -0.3 is 11.1 Å². The lowest BCUT2D eigenvalue weighted by Gasteiger charge is -2.07. The summed E-state index contributed by atoms with van der Waals surface area (Å²) in [6.45, 7) is 0. The fourth-order valence-corrected chi connectivity index (χ4v) is 3.44. The van der Waals surface area contributed by atoms with Gasteiger partial charge in [0.1, 0.15) is 4.21 Å². The summed E-state index contributed by atoms with van der Waals surface area (Å²) in [5, 5.41) is 4.07. The van der Waals surface area contributed by atoms with Gasteiger partial charge in [0.15, 0.2) is 0 Å². The zero-order valence-corrected chi connectivity index (χ0v) is 11.3. The van der Waals surface area contributed by atoms with Crippen LogP contribution in [0.15, 0.2) is 46.0 Å². The fourth-order valence-electron chi connectivity index (χ4n) is 1.39. The van der Waals surface area contributed by atoms with E-state index in [4.69, 9.17) is 5.73 Å². The molecule has 0 saturated heterocycles. The van der Waals surface area contributed by atoms with Gasteiger partial charge in [0, 0.05) is 11.4 Å². The van der Waals surface area contributed by atoms with Crippen molar-refractivity contribution in [1.82, 2.24) is 0 Å². The molecule has 100 valence electrons. The Bertz CT molecular complexity index is 664. The van der Waals surface area contributed by atoms with Crippen LogP contribution in [-0.2, 0) is 10.0 Å². The standard InChI is InChI=1S/C11H11N3O3S2/c12-11(15)13-8-3-5-9(6-4-8)14-19(16,17)10-2-1-7-18-10/h1-7,14H,(H3,12,13,15). The van der Waals surface area contributed by atoms with Crippen LogP contribution in [0.1, 0.15) is 0 Å². The van der Waals surface area contributed by atoms with Crippen LogP contribution in [-0.4, -0.2) is 14.4 Å². The second-order valence-corrected chi connectivity index (χ2v) is 6.46. The number of thiophene rings is 1. The van der Waals surface area contributed by atoms with Gasteiger partial charge in [-0.25, -0.2) is 13.2 Å². The number of nitrogens with one attached hydrogen (secondary N) is 2. The summed E-state index contributed by atoms with van der Waals surface area (Å²) in [5.41, 5.74) is 5.87. The highest BCUT2D eigenvalue weighted by atomic mass is 32.2. The lowest BCUT2D eigenvalue weighted by Crippen LogP contribution is -2.19. The number of hydrogen-bond donors (Lipinski definition) is 3. The van der Waals surface area contributed by atoms with Crippen molar-refractivity contribution >= 4 is 38.8 Å². The highest BCUT2D eigenvalue weighted by Gasteiger charge is 2.14. The first-order valence-electron chi connectivity index (χ1n) is 5.20. The van der Waals surface area contributed by atoms with E-state index in [0.717, 1.165) is 11.3 Å². The Hall–Kier alpha value is -2.06. The summed E-state index contributed by atoms with van der Waals surface area (Å²) in [7, 11) is -3.55. The van der Waals surface area contributed by atoms with Gasteiger partial charge in [-0.2, -0.15) is 0 Å². The zero-order chi connectivity index (χ0) is 13.9. The van der Waals surface area contributed by atoms with Crippen molar-refractivity contribution in [2.75, 3.05) is 10.0 Å². The Morgan fingerprint density at radius 3 is 2.26 bits per heavy atom. The van der Waals surface area contributed by atoms with Crippen LogP contribution in [0.4, 0.5) is 16.2 Å². The van der Waals surface area contributed by atoms with E-state index in [1.165, 1.54) is 18.2 Å². The molecule has 0 radical (unpaired) electrons. The first-order valence-corrected chi connectivity index (χ1v) is 7.56. The molecule has 6 nitrogen and oxygen atoms in total. The minimum Gasteiger partial charge on any atom is -0.351 e. The third-order valence-electron chi connectivity index (χ3n) is 2.16. The number of amides is 2. The molecule has 19 heavy (non-hydrogen) atoms. The van der Waals surface area contributed by atoms with Gasteiger partial charge >= 0.3 is 6.03 Å². The predicted octanol–water partition coefficient (Wildman–Crippen LogP) is 2.04. The van der Waals surface area contributed by atoms with Crippen LogP contribution in [0.25, 0.3) is 0 Å². The largest absolute Gasteiger partial charge is 0.351 e. The molecule has 0 fully saturated rings. The van der Waals surface area contributed by atoms with Gasteiger partial charge in [0.25, 0.3) is 10.0 Å². The molecule has 2 aromatic rings. The Labute approximate surface area is 114 Å². The molecule has 0 aliphatic rings. The Kier molecular flexibility index (Phi) is 3.72.